The summed E-state index contributed by atoms with van der Waals surface area (Å²) in [6, 6.07) is 0. The van der Waals surface area contributed by atoms with Gasteiger partial charge in [-0.05, 0) is 35.3 Å². The molecule has 0 aromatic carbocycles. The van der Waals surface area contributed by atoms with Crippen LogP contribution in [0.1, 0.15) is 54.4 Å². The van der Waals surface area contributed by atoms with Crippen LogP contribution < -0.4 is 0 Å². The second-order valence-electron chi connectivity index (χ2n) is 5.31. The molecule has 1 aliphatic rings. The summed E-state index contributed by atoms with van der Waals surface area (Å²) in [5.74, 6) is 0.583. The summed E-state index contributed by atoms with van der Waals surface area (Å²) >= 11 is 1.56. The van der Waals surface area contributed by atoms with Gasteiger partial charge in [0.05, 0.1) is 5.71 Å². The highest BCUT2D eigenvalue weighted by atomic mass is 32.2. The molecular formula is C16H29NS. The van der Waals surface area contributed by atoms with Crippen molar-refractivity contribution in [2.24, 2.45) is 15.7 Å². The molecule has 0 spiro atoms. The van der Waals surface area contributed by atoms with Crippen molar-refractivity contribution >= 4 is 17.7 Å². The summed E-state index contributed by atoms with van der Waals surface area (Å²) < 4.78 is 4.59. The predicted octanol–water partition coefficient (Wildman–Crippen LogP) is 5.69. The van der Waals surface area contributed by atoms with Gasteiger partial charge in [0.25, 0.3) is 0 Å². The van der Waals surface area contributed by atoms with Crippen LogP contribution in [0, 0.1) is 11.3 Å². The molecule has 0 saturated carbocycles. The predicted molar refractivity (Wildman–Crippen MR) is 87.4 cm³/mol. The first-order valence-electron chi connectivity index (χ1n) is 6.95. The molecule has 2 heteroatoms. The summed E-state index contributed by atoms with van der Waals surface area (Å²) in [5.41, 5.74) is 2.90. The fraction of sp³-hybridized carbons (Fsp3) is 0.688. The summed E-state index contributed by atoms with van der Waals surface area (Å²) in [7, 11) is 0. The number of nitrogens with zero attached hydrogens (tertiary/aromatic N) is 1. The minimum atomic E-state index is 0.214. The van der Waals surface area contributed by atoms with Crippen molar-refractivity contribution in [2.45, 2.75) is 54.4 Å². The van der Waals surface area contributed by atoms with Crippen molar-refractivity contribution in [3.63, 3.8) is 0 Å². The molecule has 1 nitrogen and oxygen atoms in total. The molecule has 0 aromatic rings. The van der Waals surface area contributed by atoms with Gasteiger partial charge >= 0.3 is 0 Å². The van der Waals surface area contributed by atoms with E-state index in [1.807, 2.05) is 20.1 Å². The lowest BCUT2D eigenvalue weighted by Gasteiger charge is -2.27. The fourth-order valence-corrected chi connectivity index (χ4v) is 2.43. The molecule has 0 radical (unpaired) electrons. The molecule has 1 aliphatic carbocycles. The maximum atomic E-state index is 4.59. The van der Waals surface area contributed by atoms with Crippen LogP contribution in [0.3, 0.4) is 0 Å². The lowest BCUT2D eigenvalue weighted by atomic mass is 9.78. The molecule has 0 amide bonds. The molecule has 0 fully saturated rings. The van der Waals surface area contributed by atoms with E-state index in [1.54, 1.807) is 11.9 Å². The minimum Gasteiger partial charge on any atom is -0.221 e. The zero-order valence-corrected chi connectivity index (χ0v) is 13.9. The Hall–Kier alpha value is -0.500. The topological polar surface area (TPSA) is 12.4 Å². The molecule has 0 aliphatic heterocycles. The number of hydrogen-bond acceptors (Lipinski definition) is 2. The monoisotopic (exact) mass is 267 g/mol. The lowest BCUT2D eigenvalue weighted by Crippen LogP contribution is -2.20. The van der Waals surface area contributed by atoms with Crippen LogP contribution in [0.25, 0.3) is 0 Å². The van der Waals surface area contributed by atoms with E-state index in [0.29, 0.717) is 5.92 Å². The standard InChI is InChI=1S/C14H23NS.C2H6/c1-11(2)10-12-13(15-16-5)8-6-7-9-14(12,3)4;1-2/h6-7,10-11H,8-9H2,1-5H3;1-2H3/b12-10-,15-13-;. The van der Waals surface area contributed by atoms with E-state index in [2.05, 4.69) is 50.3 Å². The number of rotatable bonds is 2. The van der Waals surface area contributed by atoms with Crippen molar-refractivity contribution < 1.29 is 0 Å². The highest BCUT2D eigenvalue weighted by molar-refractivity contribution is 7.97. The van der Waals surface area contributed by atoms with E-state index >= 15 is 0 Å². The van der Waals surface area contributed by atoms with Gasteiger partial charge in [0.1, 0.15) is 0 Å². The van der Waals surface area contributed by atoms with Crippen LogP contribution in [-0.4, -0.2) is 12.0 Å². The maximum Gasteiger partial charge on any atom is 0.0558 e. The third kappa shape index (κ3) is 5.43. The molecule has 0 saturated heterocycles. The second-order valence-corrected chi connectivity index (χ2v) is 5.86. The Balaban J connectivity index is 0.00000137. The van der Waals surface area contributed by atoms with Gasteiger partial charge in [0, 0.05) is 12.7 Å². The van der Waals surface area contributed by atoms with Crippen molar-refractivity contribution in [1.29, 1.82) is 0 Å². The Morgan fingerprint density at radius 1 is 1.28 bits per heavy atom. The van der Waals surface area contributed by atoms with Crippen LogP contribution in [-0.2, 0) is 0 Å². The van der Waals surface area contributed by atoms with Crippen LogP contribution in [0.5, 0.6) is 0 Å². The average Bonchev–Trinajstić information content (AvgIpc) is 2.44. The molecule has 0 bridgehead atoms. The first-order valence-corrected chi connectivity index (χ1v) is 8.13. The van der Waals surface area contributed by atoms with Gasteiger partial charge in [-0.25, -0.2) is 4.40 Å². The van der Waals surface area contributed by atoms with Gasteiger partial charge in [0.2, 0.25) is 0 Å². The van der Waals surface area contributed by atoms with Crippen LogP contribution in [0.2, 0.25) is 0 Å². The third-order valence-electron chi connectivity index (χ3n) is 2.85. The quantitative estimate of drug-likeness (QED) is 0.462. The maximum absolute atomic E-state index is 4.59. The Labute approximate surface area is 118 Å². The fourth-order valence-electron chi connectivity index (χ4n) is 2.04. The van der Waals surface area contributed by atoms with Gasteiger partial charge in [-0.1, -0.05) is 59.8 Å². The van der Waals surface area contributed by atoms with E-state index in [9.17, 15) is 0 Å². The largest absolute Gasteiger partial charge is 0.221 e. The summed E-state index contributed by atoms with van der Waals surface area (Å²) in [4.78, 5) is 0. The zero-order valence-electron chi connectivity index (χ0n) is 13.1. The first-order chi connectivity index (χ1) is 8.47. The third-order valence-corrected chi connectivity index (χ3v) is 3.25. The number of hydrogen-bond donors (Lipinski definition) is 0. The van der Waals surface area contributed by atoms with Gasteiger partial charge in [-0.15, -0.1) is 0 Å². The summed E-state index contributed by atoms with van der Waals surface area (Å²) in [6.07, 6.45) is 11.0. The Bertz CT molecular complexity index is 322. The Morgan fingerprint density at radius 2 is 1.89 bits per heavy atom. The van der Waals surface area contributed by atoms with Crippen LogP contribution >= 0.6 is 11.9 Å². The minimum absolute atomic E-state index is 0.214. The molecule has 0 N–H and O–H groups in total. The SMILES string of the molecule is CC.CS/N=C1/CC=CCC(C)(C)/C1=C\C(C)C. The van der Waals surface area contributed by atoms with E-state index in [4.69, 9.17) is 0 Å². The molecule has 1 rings (SSSR count). The molecule has 0 unspecified atom stereocenters. The first kappa shape index (κ1) is 17.5. The van der Waals surface area contributed by atoms with E-state index in [1.165, 1.54) is 11.3 Å². The van der Waals surface area contributed by atoms with Gasteiger partial charge in [-0.3, -0.25) is 0 Å². The van der Waals surface area contributed by atoms with Crippen molar-refractivity contribution in [3.8, 4) is 0 Å². The average molecular weight is 267 g/mol. The lowest BCUT2D eigenvalue weighted by molar-refractivity contribution is 0.469. The van der Waals surface area contributed by atoms with Gasteiger partial charge in [-0.2, -0.15) is 0 Å². The highest BCUT2D eigenvalue weighted by Gasteiger charge is 2.27. The summed E-state index contributed by atoms with van der Waals surface area (Å²) in [6.45, 7) is 13.1. The molecular weight excluding hydrogens is 238 g/mol. The van der Waals surface area contributed by atoms with Crippen LogP contribution in [0.15, 0.2) is 28.2 Å². The number of allylic oxidation sites excluding steroid dienone is 4. The molecule has 0 heterocycles. The van der Waals surface area contributed by atoms with E-state index in [0.717, 1.165) is 12.8 Å². The molecule has 0 atom stereocenters. The van der Waals surface area contributed by atoms with Gasteiger partial charge in [0.15, 0.2) is 0 Å². The van der Waals surface area contributed by atoms with Crippen molar-refractivity contribution in [2.75, 3.05) is 6.26 Å². The second kappa shape index (κ2) is 8.58. The van der Waals surface area contributed by atoms with Crippen LogP contribution in [0.4, 0.5) is 0 Å². The van der Waals surface area contributed by atoms with E-state index in [-0.39, 0.29) is 5.41 Å². The molecule has 0 aromatic heterocycles. The van der Waals surface area contributed by atoms with E-state index < -0.39 is 0 Å². The smallest absolute Gasteiger partial charge is 0.0558 e. The van der Waals surface area contributed by atoms with Crippen molar-refractivity contribution in [1.82, 2.24) is 0 Å². The Kier molecular flexibility index (Phi) is 8.34. The molecule has 18 heavy (non-hydrogen) atoms. The molecule has 104 valence electrons. The normalized spacial score (nSPS) is 22.9. The van der Waals surface area contributed by atoms with Crippen molar-refractivity contribution in [3.05, 3.63) is 23.8 Å². The zero-order chi connectivity index (χ0) is 14.2. The summed E-state index contributed by atoms with van der Waals surface area (Å²) in [5, 5.41) is 0. The highest BCUT2D eigenvalue weighted by Crippen LogP contribution is 2.36. The van der Waals surface area contributed by atoms with Gasteiger partial charge < -0.3 is 0 Å². The Morgan fingerprint density at radius 3 is 2.39 bits per heavy atom.